The Balaban J connectivity index is 0.000000257. The lowest BCUT2D eigenvalue weighted by molar-refractivity contribution is -0.385. The fraction of sp³-hybridized carbons (Fsp3) is 0.316. The molecule has 0 radical (unpaired) electrons. The minimum absolute atomic E-state index is 0.0104. The maximum absolute atomic E-state index is 10.8. The molecule has 0 aromatic heterocycles. The molecular weight excluding hydrogens is 431 g/mol. The van der Waals surface area contributed by atoms with Gasteiger partial charge in [-0.3, -0.25) is 14.9 Å². The Morgan fingerprint density at radius 3 is 2.16 bits per heavy atom. The van der Waals surface area contributed by atoms with E-state index in [9.17, 15) is 14.9 Å². The molecule has 2 aromatic rings. The highest BCUT2D eigenvalue weighted by Crippen LogP contribution is 2.24. The molecule has 0 heterocycles. The quantitative estimate of drug-likeness (QED) is 0.376. The summed E-state index contributed by atoms with van der Waals surface area (Å²) in [6.07, 6.45) is 0. The van der Waals surface area contributed by atoms with Gasteiger partial charge in [0.25, 0.3) is 5.69 Å². The summed E-state index contributed by atoms with van der Waals surface area (Å²) in [5.74, 6) is -0.242. The fourth-order valence-corrected chi connectivity index (χ4v) is 3.18. The van der Waals surface area contributed by atoms with Crippen LogP contribution < -0.4 is 5.32 Å². The number of nitrogens with one attached hydrogen (secondary N) is 1. The van der Waals surface area contributed by atoms with E-state index >= 15 is 0 Å². The van der Waals surface area contributed by atoms with Crippen molar-refractivity contribution < 1.29 is 9.72 Å². The van der Waals surface area contributed by atoms with E-state index in [1.165, 1.54) is 44.9 Å². The molecule has 0 saturated carbocycles. The molecule has 0 spiro atoms. The molecule has 1 amide bonds. The molecule has 134 valence electrons. The first-order valence-corrected chi connectivity index (χ1v) is 8.88. The Kier molecular flexibility index (Phi) is 7.54. The molecule has 0 saturated heterocycles. The number of anilines is 1. The Morgan fingerprint density at radius 2 is 1.64 bits per heavy atom. The molecule has 0 atom stereocenters. The Morgan fingerprint density at radius 1 is 1.04 bits per heavy atom. The Labute approximate surface area is 162 Å². The summed E-state index contributed by atoms with van der Waals surface area (Å²) in [7, 11) is 0. The number of nitro groups is 1. The van der Waals surface area contributed by atoms with E-state index in [-0.39, 0.29) is 11.6 Å². The third kappa shape index (κ3) is 5.52. The smallest absolute Gasteiger partial charge is 0.274 e. The molecule has 0 aliphatic rings. The first kappa shape index (κ1) is 21.1. The van der Waals surface area contributed by atoms with E-state index < -0.39 is 4.92 Å². The normalized spacial score (nSPS) is 9.88. The summed E-state index contributed by atoms with van der Waals surface area (Å²) in [4.78, 5) is 20.8. The van der Waals surface area contributed by atoms with Crippen LogP contribution in [0, 0.1) is 48.3 Å². The maximum atomic E-state index is 10.8. The number of carbonyl (C=O) groups excluding carboxylic acids is 1. The lowest BCUT2D eigenvalue weighted by atomic mass is 10.0. The predicted octanol–water partition coefficient (Wildman–Crippen LogP) is 5.39. The molecule has 0 unspecified atom stereocenters. The molecule has 2 rings (SSSR count). The lowest BCUT2D eigenvalue weighted by Gasteiger charge is -2.09. The average Bonchev–Trinajstić information content (AvgIpc) is 2.53. The van der Waals surface area contributed by atoms with Crippen LogP contribution in [0.3, 0.4) is 0 Å². The van der Waals surface area contributed by atoms with Crippen LogP contribution in [0.2, 0.25) is 0 Å². The van der Waals surface area contributed by atoms with Crippen molar-refractivity contribution in [3.63, 3.8) is 0 Å². The third-order valence-electron chi connectivity index (χ3n) is 4.23. The van der Waals surface area contributed by atoms with Gasteiger partial charge in [-0.2, -0.15) is 0 Å². The van der Waals surface area contributed by atoms with Gasteiger partial charge in [-0.05, 0) is 91.6 Å². The minimum Gasteiger partial charge on any atom is -0.326 e. The van der Waals surface area contributed by atoms with Crippen molar-refractivity contribution in [2.45, 2.75) is 41.5 Å². The second kappa shape index (κ2) is 8.94. The summed E-state index contributed by atoms with van der Waals surface area (Å²) < 4.78 is 1.38. The van der Waals surface area contributed by atoms with Gasteiger partial charge in [0, 0.05) is 16.6 Å². The van der Waals surface area contributed by atoms with Gasteiger partial charge in [-0.1, -0.05) is 6.07 Å². The van der Waals surface area contributed by atoms with Gasteiger partial charge in [-0.15, -0.1) is 0 Å². The summed E-state index contributed by atoms with van der Waals surface area (Å²) in [5.41, 5.74) is 6.65. The van der Waals surface area contributed by atoms with Crippen LogP contribution >= 0.6 is 22.6 Å². The largest absolute Gasteiger partial charge is 0.326 e. The van der Waals surface area contributed by atoms with E-state index in [2.05, 4.69) is 61.7 Å². The Bertz CT molecular complexity index is 791. The fourth-order valence-electron chi connectivity index (χ4n) is 2.31. The SMILES string of the molecule is CC(=O)Nc1cccc([N+](=O)[O-])c1C.Cc1cc(I)c(C)c(C)c1C. The monoisotopic (exact) mass is 454 g/mol. The van der Waals surface area contributed by atoms with Crippen molar-refractivity contribution in [1.29, 1.82) is 0 Å². The topological polar surface area (TPSA) is 72.2 Å². The number of rotatable bonds is 2. The van der Waals surface area contributed by atoms with E-state index in [4.69, 9.17) is 0 Å². The highest BCUT2D eigenvalue weighted by atomic mass is 127. The Hall–Kier alpha value is -1.96. The molecule has 5 nitrogen and oxygen atoms in total. The van der Waals surface area contributed by atoms with Crippen molar-refractivity contribution in [2.24, 2.45) is 0 Å². The summed E-state index contributed by atoms with van der Waals surface area (Å²) >= 11 is 2.39. The number of hydrogen-bond donors (Lipinski definition) is 1. The van der Waals surface area contributed by atoms with Crippen molar-refractivity contribution >= 4 is 39.9 Å². The van der Waals surface area contributed by atoms with Gasteiger partial charge in [-0.25, -0.2) is 0 Å². The molecule has 0 fully saturated rings. The number of amides is 1. The van der Waals surface area contributed by atoms with Gasteiger partial charge < -0.3 is 5.32 Å². The highest BCUT2D eigenvalue weighted by molar-refractivity contribution is 14.1. The van der Waals surface area contributed by atoms with Gasteiger partial charge in [0.1, 0.15) is 0 Å². The number of nitrogens with zero attached hydrogens (tertiary/aromatic N) is 1. The second-order valence-electron chi connectivity index (χ2n) is 5.94. The predicted molar refractivity (Wildman–Crippen MR) is 110 cm³/mol. The maximum Gasteiger partial charge on any atom is 0.274 e. The zero-order valence-electron chi connectivity index (χ0n) is 15.4. The van der Waals surface area contributed by atoms with Crippen LogP contribution in [0.4, 0.5) is 11.4 Å². The average molecular weight is 454 g/mol. The van der Waals surface area contributed by atoms with Crippen LogP contribution in [0.15, 0.2) is 24.3 Å². The molecule has 1 N–H and O–H groups in total. The van der Waals surface area contributed by atoms with E-state index in [0.29, 0.717) is 11.3 Å². The number of carbonyl (C=O) groups is 1. The molecular formula is C19H23IN2O3. The third-order valence-corrected chi connectivity index (χ3v) is 5.35. The van der Waals surface area contributed by atoms with Gasteiger partial charge >= 0.3 is 0 Å². The first-order valence-electron chi connectivity index (χ1n) is 7.80. The van der Waals surface area contributed by atoms with Crippen molar-refractivity contribution in [3.05, 3.63) is 65.8 Å². The van der Waals surface area contributed by atoms with Crippen molar-refractivity contribution in [2.75, 3.05) is 5.32 Å². The second-order valence-corrected chi connectivity index (χ2v) is 7.10. The number of hydrogen-bond acceptors (Lipinski definition) is 3. The van der Waals surface area contributed by atoms with E-state index in [1.807, 2.05) is 0 Å². The van der Waals surface area contributed by atoms with E-state index in [1.54, 1.807) is 13.0 Å². The lowest BCUT2D eigenvalue weighted by Crippen LogP contribution is -2.07. The molecule has 25 heavy (non-hydrogen) atoms. The summed E-state index contributed by atoms with van der Waals surface area (Å²) in [6.45, 7) is 11.7. The number of nitro benzene ring substituents is 1. The van der Waals surface area contributed by atoms with E-state index in [0.717, 1.165) is 0 Å². The van der Waals surface area contributed by atoms with Gasteiger partial charge in [0.05, 0.1) is 16.2 Å². The first-order chi connectivity index (χ1) is 11.6. The number of halogens is 1. The van der Waals surface area contributed by atoms with Crippen LogP contribution in [0.5, 0.6) is 0 Å². The van der Waals surface area contributed by atoms with Crippen LogP contribution in [0.1, 0.15) is 34.7 Å². The summed E-state index contributed by atoms with van der Waals surface area (Å²) in [6, 6.07) is 6.82. The molecule has 0 bridgehead atoms. The van der Waals surface area contributed by atoms with Crippen LogP contribution in [-0.4, -0.2) is 10.8 Å². The number of aryl methyl sites for hydroxylation is 1. The molecule has 0 aliphatic heterocycles. The van der Waals surface area contributed by atoms with Crippen LogP contribution in [-0.2, 0) is 4.79 Å². The number of benzene rings is 2. The zero-order valence-corrected chi connectivity index (χ0v) is 17.5. The zero-order chi connectivity index (χ0) is 19.3. The molecule has 6 heteroatoms. The minimum atomic E-state index is -0.472. The van der Waals surface area contributed by atoms with Crippen molar-refractivity contribution in [1.82, 2.24) is 0 Å². The van der Waals surface area contributed by atoms with Crippen LogP contribution in [0.25, 0.3) is 0 Å². The summed E-state index contributed by atoms with van der Waals surface area (Å²) in [5, 5.41) is 13.1. The highest BCUT2D eigenvalue weighted by Gasteiger charge is 2.13. The molecule has 0 aliphatic carbocycles. The van der Waals surface area contributed by atoms with Gasteiger partial charge in [0.15, 0.2) is 0 Å². The van der Waals surface area contributed by atoms with Crippen molar-refractivity contribution in [3.8, 4) is 0 Å². The molecule has 2 aromatic carbocycles. The van der Waals surface area contributed by atoms with Gasteiger partial charge in [0.2, 0.25) is 5.91 Å². The standard InChI is InChI=1S/C10H13I.C9H10N2O3/c1-6-5-10(11)9(4)8(3)7(6)2;1-6-8(10-7(2)12)4-3-5-9(6)11(13)14/h5H,1-4H3;3-5H,1-2H3,(H,10,12).